The molecule has 0 heterocycles. The van der Waals surface area contributed by atoms with E-state index in [1.807, 2.05) is 13.8 Å². The molecule has 0 saturated heterocycles. The van der Waals surface area contributed by atoms with Crippen molar-refractivity contribution in [2.45, 2.75) is 26.9 Å². The van der Waals surface area contributed by atoms with Gasteiger partial charge in [-0.05, 0) is 55.8 Å². The number of benzene rings is 2. The Labute approximate surface area is 181 Å². The molecule has 7 nitrogen and oxygen atoms in total. The molecule has 0 atom stereocenters. The molecule has 0 aliphatic rings. The Balaban J connectivity index is 2.20. The molecule has 0 fully saturated rings. The molecule has 2 rings (SSSR count). The summed E-state index contributed by atoms with van der Waals surface area (Å²) in [6.07, 6.45) is 2.90. The van der Waals surface area contributed by atoms with Crippen molar-refractivity contribution in [3.05, 3.63) is 47.0 Å². The third kappa shape index (κ3) is 6.42. The molecule has 0 radical (unpaired) electrons. The van der Waals surface area contributed by atoms with E-state index in [1.54, 1.807) is 36.4 Å². The van der Waals surface area contributed by atoms with E-state index < -0.39 is 0 Å². The standard InChI is InChI=1S/C22H25ClN2O5/c1-13(2)30-22-17(23)10-15(11-20(22)29-5)6-9-21(27)25-18-12-16(24-14(3)26)7-8-19(18)28-4/h6-13H,1-5H3,(H,24,26)(H,25,27). The summed E-state index contributed by atoms with van der Waals surface area (Å²) in [4.78, 5) is 23.7. The van der Waals surface area contributed by atoms with E-state index in [0.29, 0.717) is 39.2 Å². The molecule has 0 spiro atoms. The summed E-state index contributed by atoms with van der Waals surface area (Å²) >= 11 is 6.31. The first-order chi connectivity index (χ1) is 14.2. The maximum atomic E-state index is 12.4. The Morgan fingerprint density at radius 2 is 1.73 bits per heavy atom. The van der Waals surface area contributed by atoms with E-state index in [9.17, 15) is 9.59 Å². The molecule has 0 aliphatic carbocycles. The molecule has 0 unspecified atom stereocenters. The van der Waals surface area contributed by atoms with Gasteiger partial charge in [0.15, 0.2) is 11.5 Å². The lowest BCUT2D eigenvalue weighted by Crippen LogP contribution is -2.11. The van der Waals surface area contributed by atoms with Crippen molar-refractivity contribution in [3.8, 4) is 17.2 Å². The first-order valence-electron chi connectivity index (χ1n) is 9.22. The van der Waals surface area contributed by atoms with Gasteiger partial charge in [-0.3, -0.25) is 9.59 Å². The number of hydrogen-bond acceptors (Lipinski definition) is 5. The predicted molar refractivity (Wildman–Crippen MR) is 119 cm³/mol. The number of methoxy groups -OCH3 is 2. The number of rotatable bonds is 8. The van der Waals surface area contributed by atoms with Crippen molar-refractivity contribution >= 4 is 40.9 Å². The molecule has 0 aromatic heterocycles. The third-order valence-corrected chi connectivity index (χ3v) is 4.09. The summed E-state index contributed by atoms with van der Waals surface area (Å²) in [5.74, 6) is 0.793. The van der Waals surface area contributed by atoms with Crippen LogP contribution in [-0.2, 0) is 9.59 Å². The van der Waals surface area contributed by atoms with Gasteiger partial charge in [-0.1, -0.05) is 11.6 Å². The van der Waals surface area contributed by atoms with Crippen LogP contribution >= 0.6 is 11.6 Å². The van der Waals surface area contributed by atoms with Gasteiger partial charge in [0.1, 0.15) is 5.75 Å². The highest BCUT2D eigenvalue weighted by Crippen LogP contribution is 2.37. The molecule has 2 aromatic rings. The maximum Gasteiger partial charge on any atom is 0.248 e. The smallest absolute Gasteiger partial charge is 0.248 e. The van der Waals surface area contributed by atoms with Crippen LogP contribution in [-0.4, -0.2) is 32.1 Å². The van der Waals surface area contributed by atoms with Crippen molar-refractivity contribution in [3.63, 3.8) is 0 Å². The van der Waals surface area contributed by atoms with Crippen molar-refractivity contribution < 1.29 is 23.8 Å². The molecule has 0 saturated carbocycles. The molecule has 30 heavy (non-hydrogen) atoms. The second-order valence-corrected chi connectivity index (χ2v) is 7.03. The topological polar surface area (TPSA) is 85.9 Å². The zero-order valence-electron chi connectivity index (χ0n) is 17.5. The molecule has 2 N–H and O–H groups in total. The van der Waals surface area contributed by atoms with Crippen molar-refractivity contribution in [1.82, 2.24) is 0 Å². The van der Waals surface area contributed by atoms with Crippen LogP contribution in [0.4, 0.5) is 11.4 Å². The average molecular weight is 433 g/mol. The van der Waals surface area contributed by atoms with Crippen LogP contribution in [0.25, 0.3) is 6.08 Å². The highest BCUT2D eigenvalue weighted by Gasteiger charge is 2.13. The maximum absolute atomic E-state index is 12.4. The first kappa shape index (κ1) is 23.1. The number of halogens is 1. The van der Waals surface area contributed by atoms with Gasteiger partial charge >= 0.3 is 0 Å². The Morgan fingerprint density at radius 3 is 2.33 bits per heavy atom. The third-order valence-electron chi connectivity index (χ3n) is 3.81. The van der Waals surface area contributed by atoms with Gasteiger partial charge in [0.25, 0.3) is 0 Å². The van der Waals surface area contributed by atoms with Gasteiger partial charge in [-0.25, -0.2) is 0 Å². The Hall–Kier alpha value is -3.19. The summed E-state index contributed by atoms with van der Waals surface area (Å²) < 4.78 is 16.3. The van der Waals surface area contributed by atoms with Crippen molar-refractivity contribution in [1.29, 1.82) is 0 Å². The van der Waals surface area contributed by atoms with E-state index in [4.69, 9.17) is 25.8 Å². The van der Waals surface area contributed by atoms with E-state index >= 15 is 0 Å². The second-order valence-electron chi connectivity index (χ2n) is 6.62. The summed E-state index contributed by atoms with van der Waals surface area (Å²) in [5.41, 5.74) is 1.64. The van der Waals surface area contributed by atoms with Gasteiger partial charge < -0.3 is 24.8 Å². The van der Waals surface area contributed by atoms with Gasteiger partial charge in [-0.15, -0.1) is 0 Å². The van der Waals surface area contributed by atoms with E-state index in [1.165, 1.54) is 27.2 Å². The molecule has 2 aromatic carbocycles. The molecule has 160 valence electrons. The Bertz CT molecular complexity index is 957. The first-order valence-corrected chi connectivity index (χ1v) is 9.60. The van der Waals surface area contributed by atoms with Crippen LogP contribution in [0, 0.1) is 0 Å². The Morgan fingerprint density at radius 1 is 1.03 bits per heavy atom. The highest BCUT2D eigenvalue weighted by atomic mass is 35.5. The molecule has 2 amide bonds. The summed E-state index contributed by atoms with van der Waals surface area (Å²) in [6.45, 7) is 5.19. The van der Waals surface area contributed by atoms with Crippen molar-refractivity contribution in [2.75, 3.05) is 24.9 Å². The number of ether oxygens (including phenoxy) is 3. The highest BCUT2D eigenvalue weighted by molar-refractivity contribution is 6.32. The molecule has 8 heteroatoms. The lowest BCUT2D eigenvalue weighted by Gasteiger charge is -2.15. The number of carbonyl (C=O) groups excluding carboxylic acids is 2. The Kier molecular flexibility index (Phi) is 8.12. The SMILES string of the molecule is COc1ccc(NC(C)=O)cc1NC(=O)C=Cc1cc(Cl)c(OC(C)C)c(OC)c1. The average Bonchev–Trinajstić information content (AvgIpc) is 2.67. The molecule has 0 aliphatic heterocycles. The fourth-order valence-corrected chi connectivity index (χ4v) is 2.88. The minimum Gasteiger partial charge on any atom is -0.495 e. The fraction of sp³-hybridized carbons (Fsp3) is 0.273. The van der Waals surface area contributed by atoms with Crippen LogP contribution < -0.4 is 24.8 Å². The van der Waals surface area contributed by atoms with Crippen LogP contribution in [0.1, 0.15) is 26.3 Å². The molecule has 0 bridgehead atoms. The minimum atomic E-state index is -0.383. The largest absolute Gasteiger partial charge is 0.495 e. The number of anilines is 2. The van der Waals surface area contributed by atoms with Crippen LogP contribution in [0.5, 0.6) is 17.2 Å². The number of carbonyl (C=O) groups is 2. The number of amides is 2. The zero-order valence-corrected chi connectivity index (χ0v) is 18.3. The number of nitrogens with one attached hydrogen (secondary N) is 2. The van der Waals surface area contributed by atoms with Gasteiger partial charge in [0.05, 0.1) is 31.0 Å². The minimum absolute atomic E-state index is 0.0631. The second kappa shape index (κ2) is 10.5. The monoisotopic (exact) mass is 432 g/mol. The number of hydrogen-bond donors (Lipinski definition) is 2. The molecular weight excluding hydrogens is 408 g/mol. The van der Waals surface area contributed by atoms with Crippen LogP contribution in [0.2, 0.25) is 5.02 Å². The normalized spacial score (nSPS) is 10.8. The van der Waals surface area contributed by atoms with Gasteiger partial charge in [-0.2, -0.15) is 0 Å². The van der Waals surface area contributed by atoms with Crippen LogP contribution in [0.3, 0.4) is 0 Å². The van der Waals surface area contributed by atoms with E-state index in [-0.39, 0.29) is 17.9 Å². The van der Waals surface area contributed by atoms with Gasteiger partial charge in [0, 0.05) is 18.7 Å². The summed E-state index contributed by atoms with van der Waals surface area (Å²) in [6, 6.07) is 8.36. The van der Waals surface area contributed by atoms with E-state index in [0.717, 1.165) is 0 Å². The molecular formula is C22H25ClN2O5. The lowest BCUT2D eigenvalue weighted by molar-refractivity contribution is -0.114. The van der Waals surface area contributed by atoms with E-state index in [2.05, 4.69) is 10.6 Å². The quantitative estimate of drug-likeness (QED) is 0.587. The van der Waals surface area contributed by atoms with Gasteiger partial charge in [0.2, 0.25) is 11.8 Å². The lowest BCUT2D eigenvalue weighted by atomic mass is 10.1. The summed E-state index contributed by atoms with van der Waals surface area (Å²) in [5, 5.41) is 5.78. The predicted octanol–water partition coefficient (Wildman–Crippen LogP) is 4.75. The zero-order chi connectivity index (χ0) is 22.3. The summed E-state index contributed by atoms with van der Waals surface area (Å²) in [7, 11) is 3.02. The van der Waals surface area contributed by atoms with Crippen LogP contribution in [0.15, 0.2) is 36.4 Å². The van der Waals surface area contributed by atoms with Crippen molar-refractivity contribution in [2.24, 2.45) is 0 Å². The fourth-order valence-electron chi connectivity index (χ4n) is 2.62.